The van der Waals surface area contributed by atoms with Gasteiger partial charge < -0.3 is 9.52 Å². The van der Waals surface area contributed by atoms with Crippen molar-refractivity contribution in [3.05, 3.63) is 64.9 Å². The van der Waals surface area contributed by atoms with Crippen LogP contribution >= 0.6 is 11.6 Å². The number of nitrogens with one attached hydrogen (secondary N) is 1. The molecule has 0 aliphatic carbocycles. The monoisotopic (exact) mass is 328 g/mol. The van der Waals surface area contributed by atoms with Gasteiger partial charge in [-0.1, -0.05) is 29.8 Å². The summed E-state index contributed by atoms with van der Waals surface area (Å²) in [5, 5.41) is 14.6. The van der Waals surface area contributed by atoms with Gasteiger partial charge in [-0.05, 0) is 37.3 Å². The lowest BCUT2D eigenvalue weighted by molar-refractivity contribution is 0.0697. The lowest BCUT2D eigenvalue weighted by atomic mass is 10.2. The minimum Gasteiger partial charge on any atom is -0.478 e. The molecule has 3 rings (SSSR count). The third-order valence-corrected chi connectivity index (χ3v) is 3.67. The Kier molecular flexibility index (Phi) is 4.04. The normalized spacial score (nSPS) is 11.7. The number of hydrogen-bond acceptors (Lipinski definition) is 4. The van der Waals surface area contributed by atoms with E-state index in [9.17, 15) is 4.79 Å². The lowest BCUT2D eigenvalue weighted by Crippen LogP contribution is -2.01. The maximum Gasteiger partial charge on any atom is 0.335 e. The maximum atomic E-state index is 11.0. The van der Waals surface area contributed by atoms with Crippen LogP contribution in [0.15, 0.2) is 58.0 Å². The molecule has 0 amide bonds. The highest BCUT2D eigenvalue weighted by atomic mass is 35.5. The highest BCUT2D eigenvalue weighted by molar-refractivity contribution is 6.33. The third kappa shape index (κ3) is 3.19. The van der Waals surface area contributed by atoms with Crippen molar-refractivity contribution in [2.75, 3.05) is 5.43 Å². The highest BCUT2D eigenvalue weighted by Crippen LogP contribution is 2.24. The van der Waals surface area contributed by atoms with Crippen LogP contribution in [0.25, 0.3) is 11.0 Å². The van der Waals surface area contributed by atoms with Gasteiger partial charge in [0.2, 0.25) is 0 Å². The Bertz CT molecular complexity index is 882. The second-order valence-corrected chi connectivity index (χ2v) is 5.36. The number of aromatic carboxylic acids is 1. The van der Waals surface area contributed by atoms with Crippen LogP contribution in [0.1, 0.15) is 23.0 Å². The van der Waals surface area contributed by atoms with E-state index in [0.29, 0.717) is 22.2 Å². The first-order valence-electron chi connectivity index (χ1n) is 6.86. The van der Waals surface area contributed by atoms with Gasteiger partial charge in [-0.25, -0.2) is 4.79 Å². The summed E-state index contributed by atoms with van der Waals surface area (Å²) in [5.41, 5.74) is 4.74. The summed E-state index contributed by atoms with van der Waals surface area (Å²) < 4.78 is 5.71. The number of fused-ring (bicyclic) bond motifs is 1. The number of anilines is 1. The van der Waals surface area contributed by atoms with E-state index in [1.165, 1.54) is 18.2 Å². The Labute approximate surface area is 137 Å². The number of carbonyl (C=O) groups is 1. The molecule has 1 aromatic heterocycles. The van der Waals surface area contributed by atoms with Crippen LogP contribution in [0.5, 0.6) is 0 Å². The van der Waals surface area contributed by atoms with E-state index in [1.54, 1.807) is 6.92 Å². The molecule has 6 heteroatoms. The van der Waals surface area contributed by atoms with E-state index in [-0.39, 0.29) is 5.56 Å². The molecule has 2 N–H and O–H groups in total. The summed E-state index contributed by atoms with van der Waals surface area (Å²) in [7, 11) is 0. The van der Waals surface area contributed by atoms with Gasteiger partial charge >= 0.3 is 5.97 Å². The molecule has 0 aliphatic heterocycles. The zero-order chi connectivity index (χ0) is 16.4. The summed E-state index contributed by atoms with van der Waals surface area (Å²) in [6.45, 7) is 1.79. The molecular weight excluding hydrogens is 316 g/mol. The second-order valence-electron chi connectivity index (χ2n) is 4.96. The molecule has 23 heavy (non-hydrogen) atoms. The standard InChI is InChI=1S/C17H13ClN2O3/c1-10(16-9-11-4-2-3-5-15(11)23-16)19-20-14-8-12(17(21)22)6-7-13(14)18/h2-9,20H,1H3,(H,21,22)/b19-10-. The molecule has 0 saturated carbocycles. The van der Waals surface area contributed by atoms with Crippen molar-refractivity contribution < 1.29 is 14.3 Å². The smallest absolute Gasteiger partial charge is 0.335 e. The fraction of sp³-hybridized carbons (Fsp3) is 0.0588. The van der Waals surface area contributed by atoms with Gasteiger partial charge in [-0.3, -0.25) is 5.43 Å². The van der Waals surface area contributed by atoms with Gasteiger partial charge in [0.15, 0.2) is 5.76 Å². The zero-order valence-corrected chi connectivity index (χ0v) is 13.0. The second kappa shape index (κ2) is 6.14. The number of hydrazone groups is 1. The van der Waals surface area contributed by atoms with Crippen molar-refractivity contribution in [2.45, 2.75) is 6.92 Å². The van der Waals surface area contributed by atoms with Crippen LogP contribution in [-0.2, 0) is 0 Å². The summed E-state index contributed by atoms with van der Waals surface area (Å²) in [6.07, 6.45) is 0. The van der Waals surface area contributed by atoms with Crippen LogP contribution in [0.2, 0.25) is 5.02 Å². The minimum absolute atomic E-state index is 0.133. The average molecular weight is 329 g/mol. The minimum atomic E-state index is -1.03. The molecule has 2 aromatic carbocycles. The van der Waals surface area contributed by atoms with Gasteiger partial charge in [0, 0.05) is 5.39 Å². The van der Waals surface area contributed by atoms with Crippen LogP contribution in [0, 0.1) is 0 Å². The fourth-order valence-corrected chi connectivity index (χ4v) is 2.26. The first-order valence-corrected chi connectivity index (χ1v) is 7.24. The Morgan fingerprint density at radius 3 is 2.74 bits per heavy atom. The number of halogens is 1. The molecular formula is C17H13ClN2O3. The summed E-state index contributed by atoms with van der Waals surface area (Å²) in [6, 6.07) is 13.9. The molecule has 116 valence electrons. The maximum absolute atomic E-state index is 11.0. The van der Waals surface area contributed by atoms with E-state index in [0.717, 1.165) is 11.0 Å². The number of nitrogens with zero attached hydrogens (tertiary/aromatic N) is 1. The number of furan rings is 1. The largest absolute Gasteiger partial charge is 0.478 e. The van der Waals surface area contributed by atoms with Crippen molar-refractivity contribution in [2.24, 2.45) is 5.10 Å². The molecule has 5 nitrogen and oxygen atoms in total. The number of para-hydroxylation sites is 1. The lowest BCUT2D eigenvalue weighted by Gasteiger charge is -2.05. The molecule has 0 spiro atoms. The number of hydrogen-bond donors (Lipinski definition) is 2. The van der Waals surface area contributed by atoms with Gasteiger partial charge in [-0.15, -0.1) is 0 Å². The van der Waals surface area contributed by atoms with Gasteiger partial charge in [0.05, 0.1) is 16.3 Å². The molecule has 3 aromatic rings. The number of carboxylic acid groups (broad SMARTS) is 1. The van der Waals surface area contributed by atoms with Gasteiger partial charge in [0.25, 0.3) is 0 Å². The SMILES string of the molecule is C/C(=N/Nc1cc(C(=O)O)ccc1Cl)c1cc2ccccc2o1. The predicted molar refractivity (Wildman–Crippen MR) is 90.5 cm³/mol. The van der Waals surface area contributed by atoms with Crippen molar-refractivity contribution in [3.8, 4) is 0 Å². The van der Waals surface area contributed by atoms with Crippen LogP contribution in [0.4, 0.5) is 5.69 Å². The topological polar surface area (TPSA) is 74.8 Å². The van der Waals surface area contributed by atoms with Crippen LogP contribution in [0.3, 0.4) is 0 Å². The Balaban J connectivity index is 1.87. The number of carboxylic acids is 1. The Morgan fingerprint density at radius 1 is 1.22 bits per heavy atom. The molecule has 0 fully saturated rings. The van der Waals surface area contributed by atoms with Gasteiger partial charge in [0.1, 0.15) is 11.3 Å². The average Bonchev–Trinajstić information content (AvgIpc) is 2.97. The molecule has 0 unspecified atom stereocenters. The number of benzene rings is 2. The molecule has 0 aliphatic rings. The van der Waals surface area contributed by atoms with Crippen molar-refractivity contribution in [1.82, 2.24) is 0 Å². The van der Waals surface area contributed by atoms with E-state index in [4.69, 9.17) is 21.1 Å². The molecule has 0 saturated heterocycles. The Morgan fingerprint density at radius 2 is 2.00 bits per heavy atom. The molecule has 0 radical (unpaired) electrons. The summed E-state index contributed by atoms with van der Waals surface area (Å²) in [5.74, 6) is -0.396. The molecule has 0 bridgehead atoms. The van der Waals surface area contributed by atoms with Crippen LogP contribution < -0.4 is 5.43 Å². The number of rotatable bonds is 4. The van der Waals surface area contributed by atoms with E-state index >= 15 is 0 Å². The first kappa shape index (κ1) is 15.1. The van der Waals surface area contributed by atoms with Gasteiger partial charge in [-0.2, -0.15) is 5.10 Å². The third-order valence-electron chi connectivity index (χ3n) is 3.34. The van der Waals surface area contributed by atoms with Crippen molar-refractivity contribution in [3.63, 3.8) is 0 Å². The molecule has 0 atom stereocenters. The fourth-order valence-electron chi connectivity index (χ4n) is 2.10. The summed E-state index contributed by atoms with van der Waals surface area (Å²) in [4.78, 5) is 11.0. The summed E-state index contributed by atoms with van der Waals surface area (Å²) >= 11 is 6.05. The zero-order valence-electron chi connectivity index (χ0n) is 12.2. The van der Waals surface area contributed by atoms with E-state index in [2.05, 4.69) is 10.5 Å². The quantitative estimate of drug-likeness (QED) is 0.541. The Hall–Kier alpha value is -2.79. The first-order chi connectivity index (χ1) is 11.0. The van der Waals surface area contributed by atoms with Crippen molar-refractivity contribution >= 4 is 39.9 Å². The van der Waals surface area contributed by atoms with Crippen LogP contribution in [-0.4, -0.2) is 16.8 Å². The van der Waals surface area contributed by atoms with E-state index in [1.807, 2.05) is 30.3 Å². The van der Waals surface area contributed by atoms with Crippen molar-refractivity contribution in [1.29, 1.82) is 0 Å². The predicted octanol–water partition coefficient (Wildman–Crippen LogP) is 4.62. The van der Waals surface area contributed by atoms with E-state index < -0.39 is 5.97 Å². The molecule has 1 heterocycles. The highest BCUT2D eigenvalue weighted by Gasteiger charge is 2.09.